The van der Waals surface area contributed by atoms with Gasteiger partial charge in [-0.05, 0) is 40.5 Å². The van der Waals surface area contributed by atoms with Crippen LogP contribution in [0.25, 0.3) is 0 Å². The Kier molecular flexibility index (Phi) is 4.85. The van der Waals surface area contributed by atoms with Gasteiger partial charge in [0, 0.05) is 10.9 Å². The summed E-state index contributed by atoms with van der Waals surface area (Å²) in [6.07, 6.45) is -3.67. The molecule has 1 atom stereocenters. The van der Waals surface area contributed by atoms with E-state index in [2.05, 4.69) is 37.9 Å². The van der Waals surface area contributed by atoms with Crippen molar-refractivity contribution in [2.45, 2.75) is 25.0 Å². The highest BCUT2D eigenvalue weighted by molar-refractivity contribution is 9.10. The fourth-order valence-corrected chi connectivity index (χ4v) is 3.03. The van der Waals surface area contributed by atoms with Gasteiger partial charge in [0.15, 0.2) is 5.17 Å². The molecule has 1 heterocycles. The number of thioether (sulfide) groups is 1. The fourth-order valence-electron chi connectivity index (χ4n) is 1.61. The number of nitrogens with one attached hydrogen (secondary N) is 1. The minimum absolute atomic E-state index is 0.232. The number of alkyl halides is 3. The van der Waals surface area contributed by atoms with Crippen molar-refractivity contribution in [2.24, 2.45) is 4.99 Å². The minimum atomic E-state index is -4.70. The second-order valence-corrected chi connectivity index (χ2v) is 6.26. The van der Waals surface area contributed by atoms with Crippen molar-refractivity contribution in [3.8, 4) is 5.75 Å². The maximum absolute atomic E-state index is 12.2. The Morgan fingerprint density at radius 2 is 2.25 bits per heavy atom. The van der Waals surface area contributed by atoms with Crippen LogP contribution in [-0.4, -0.2) is 23.3 Å². The Hall–Kier alpha value is -0.890. The van der Waals surface area contributed by atoms with Crippen LogP contribution in [0.15, 0.2) is 27.7 Å². The Bertz CT molecular complexity index is 522. The molecule has 1 unspecified atom stereocenters. The van der Waals surface area contributed by atoms with Gasteiger partial charge in [-0.15, -0.1) is 13.2 Å². The van der Waals surface area contributed by atoms with Crippen molar-refractivity contribution >= 4 is 38.5 Å². The lowest BCUT2D eigenvalue weighted by atomic mass is 10.3. The van der Waals surface area contributed by atoms with Gasteiger partial charge in [-0.3, -0.25) is 4.99 Å². The number of halogens is 4. The zero-order chi connectivity index (χ0) is 14.8. The summed E-state index contributed by atoms with van der Waals surface area (Å²) >= 11 is 4.70. The summed E-state index contributed by atoms with van der Waals surface area (Å²) in [7, 11) is 0. The monoisotopic (exact) mass is 368 g/mol. The number of nitrogens with zero attached hydrogens (tertiary/aromatic N) is 1. The smallest absolute Gasteiger partial charge is 0.405 e. The van der Waals surface area contributed by atoms with Crippen LogP contribution in [0.3, 0.4) is 0 Å². The summed E-state index contributed by atoms with van der Waals surface area (Å²) < 4.78 is 40.6. The topological polar surface area (TPSA) is 33.6 Å². The van der Waals surface area contributed by atoms with Crippen molar-refractivity contribution in [1.29, 1.82) is 0 Å². The third-order valence-corrected chi connectivity index (χ3v) is 4.47. The molecule has 3 nitrogen and oxygen atoms in total. The summed E-state index contributed by atoms with van der Waals surface area (Å²) in [6.45, 7) is 2.86. The predicted molar refractivity (Wildman–Crippen MR) is 78.4 cm³/mol. The van der Waals surface area contributed by atoms with E-state index in [1.54, 1.807) is 11.8 Å². The highest BCUT2D eigenvalue weighted by atomic mass is 79.9. The van der Waals surface area contributed by atoms with E-state index in [1.165, 1.54) is 18.2 Å². The highest BCUT2D eigenvalue weighted by Crippen LogP contribution is 2.33. The molecule has 0 amide bonds. The summed E-state index contributed by atoms with van der Waals surface area (Å²) in [4.78, 5) is 4.34. The Morgan fingerprint density at radius 1 is 1.50 bits per heavy atom. The molecule has 1 aromatic carbocycles. The van der Waals surface area contributed by atoms with Crippen molar-refractivity contribution in [3.05, 3.63) is 22.7 Å². The predicted octanol–water partition coefficient (Wildman–Crippen LogP) is 4.64. The average Bonchev–Trinajstić information content (AvgIpc) is 2.79. The summed E-state index contributed by atoms with van der Waals surface area (Å²) in [6, 6.07) is 4.31. The minimum Gasteiger partial charge on any atom is -0.405 e. The number of anilines is 1. The molecule has 0 aromatic heterocycles. The van der Waals surface area contributed by atoms with Crippen molar-refractivity contribution < 1.29 is 17.9 Å². The first kappa shape index (κ1) is 15.5. The molecular weight excluding hydrogens is 357 g/mol. The molecular formula is C12H12BrF3N2OS. The van der Waals surface area contributed by atoms with E-state index in [1.807, 2.05) is 0 Å². The van der Waals surface area contributed by atoms with Gasteiger partial charge in [-0.25, -0.2) is 0 Å². The lowest BCUT2D eigenvalue weighted by molar-refractivity contribution is -0.274. The van der Waals surface area contributed by atoms with E-state index >= 15 is 0 Å². The maximum atomic E-state index is 12.2. The number of hydrogen-bond acceptors (Lipinski definition) is 4. The van der Waals surface area contributed by atoms with Crippen LogP contribution in [0.4, 0.5) is 18.9 Å². The van der Waals surface area contributed by atoms with Crippen molar-refractivity contribution in [1.82, 2.24) is 0 Å². The van der Waals surface area contributed by atoms with Crippen LogP contribution < -0.4 is 10.1 Å². The molecule has 0 saturated carbocycles. The van der Waals surface area contributed by atoms with Gasteiger partial charge >= 0.3 is 6.36 Å². The molecule has 0 fully saturated rings. The van der Waals surface area contributed by atoms with Crippen LogP contribution in [0.5, 0.6) is 5.75 Å². The van der Waals surface area contributed by atoms with E-state index in [-0.39, 0.29) is 10.2 Å². The fraction of sp³-hybridized carbons (Fsp3) is 0.417. The molecule has 2 rings (SSSR count). The molecule has 0 radical (unpaired) electrons. The van der Waals surface area contributed by atoms with Crippen LogP contribution >= 0.6 is 27.7 Å². The zero-order valence-electron chi connectivity index (χ0n) is 10.5. The third kappa shape index (κ3) is 4.31. The second-order valence-electron chi connectivity index (χ2n) is 4.11. The molecule has 0 spiro atoms. The molecule has 0 aliphatic carbocycles. The standard InChI is InChI=1S/C12H12BrF3N2OS/c1-2-8-6-17-11(20-8)18-7-3-4-10(9(13)5-7)19-12(14,15)16/h3-5,8H,2,6H2,1H3,(H,17,18). The average molecular weight is 369 g/mol. The summed E-state index contributed by atoms with van der Waals surface area (Å²) in [5.74, 6) is -0.268. The lowest BCUT2D eigenvalue weighted by Gasteiger charge is -2.12. The van der Waals surface area contributed by atoms with Gasteiger partial charge in [0.25, 0.3) is 0 Å². The molecule has 1 aliphatic heterocycles. The SMILES string of the molecule is CCC1CN=C(Nc2ccc(OC(F)(F)F)c(Br)c2)S1. The van der Waals surface area contributed by atoms with Gasteiger partial charge in [-0.2, -0.15) is 0 Å². The largest absolute Gasteiger partial charge is 0.573 e. The molecule has 1 N–H and O–H groups in total. The van der Waals surface area contributed by atoms with E-state index < -0.39 is 6.36 Å². The van der Waals surface area contributed by atoms with Gasteiger partial charge < -0.3 is 10.1 Å². The molecule has 0 saturated heterocycles. The third-order valence-electron chi connectivity index (χ3n) is 2.58. The first-order chi connectivity index (χ1) is 9.37. The highest BCUT2D eigenvalue weighted by Gasteiger charge is 2.32. The van der Waals surface area contributed by atoms with E-state index in [4.69, 9.17) is 0 Å². The first-order valence-corrected chi connectivity index (χ1v) is 7.58. The number of amidine groups is 1. The Morgan fingerprint density at radius 3 is 2.80 bits per heavy atom. The lowest BCUT2D eigenvalue weighted by Crippen LogP contribution is -2.17. The van der Waals surface area contributed by atoms with Crippen LogP contribution in [0.2, 0.25) is 0 Å². The number of ether oxygens (including phenoxy) is 1. The number of aliphatic imine (C=N–C) groups is 1. The van der Waals surface area contributed by atoms with Crippen molar-refractivity contribution in [2.75, 3.05) is 11.9 Å². The van der Waals surface area contributed by atoms with Gasteiger partial charge in [0.05, 0.1) is 11.0 Å². The Balaban J connectivity index is 2.03. The van der Waals surface area contributed by atoms with Gasteiger partial charge in [0.1, 0.15) is 5.75 Å². The first-order valence-electron chi connectivity index (χ1n) is 5.91. The van der Waals surface area contributed by atoms with Crippen LogP contribution in [0.1, 0.15) is 13.3 Å². The molecule has 8 heteroatoms. The summed E-state index contributed by atoms with van der Waals surface area (Å²) in [5, 5.41) is 4.33. The number of rotatable bonds is 3. The maximum Gasteiger partial charge on any atom is 0.573 e. The molecule has 1 aromatic rings. The van der Waals surface area contributed by atoms with Gasteiger partial charge in [-0.1, -0.05) is 18.7 Å². The molecule has 110 valence electrons. The van der Waals surface area contributed by atoms with E-state index in [0.29, 0.717) is 10.9 Å². The summed E-state index contributed by atoms with van der Waals surface area (Å²) in [5.41, 5.74) is 0.661. The Labute approximate surface area is 127 Å². The molecule has 0 bridgehead atoms. The molecule has 1 aliphatic rings. The van der Waals surface area contributed by atoms with Gasteiger partial charge in [0.2, 0.25) is 0 Å². The quantitative estimate of drug-likeness (QED) is 0.843. The van der Waals surface area contributed by atoms with E-state index in [9.17, 15) is 13.2 Å². The number of hydrogen-bond donors (Lipinski definition) is 1. The molecule has 20 heavy (non-hydrogen) atoms. The number of benzene rings is 1. The van der Waals surface area contributed by atoms with Crippen LogP contribution in [-0.2, 0) is 0 Å². The van der Waals surface area contributed by atoms with Crippen molar-refractivity contribution in [3.63, 3.8) is 0 Å². The van der Waals surface area contributed by atoms with Crippen LogP contribution in [0, 0.1) is 0 Å². The van der Waals surface area contributed by atoms with E-state index in [0.717, 1.165) is 18.1 Å². The normalized spacial score (nSPS) is 18.9. The zero-order valence-corrected chi connectivity index (χ0v) is 12.9. The second kappa shape index (κ2) is 6.26.